The quantitative estimate of drug-likeness (QED) is 0.387. The fraction of sp³-hybridized carbons (Fsp3) is 0.259. The van der Waals surface area contributed by atoms with Crippen LogP contribution in [0.5, 0.6) is 0 Å². The zero-order valence-corrected chi connectivity index (χ0v) is 19.9. The van der Waals surface area contributed by atoms with Gasteiger partial charge in [-0.1, -0.05) is 35.9 Å². The second-order valence-electron chi connectivity index (χ2n) is 9.69. The first-order valence-corrected chi connectivity index (χ1v) is 12.3. The molecule has 2 aliphatic rings. The summed E-state index contributed by atoms with van der Waals surface area (Å²) in [6, 6.07) is 16.4. The van der Waals surface area contributed by atoms with Crippen molar-refractivity contribution in [3.63, 3.8) is 0 Å². The molecule has 4 heterocycles. The third-order valence-corrected chi connectivity index (χ3v) is 8.12. The van der Waals surface area contributed by atoms with Gasteiger partial charge in [0.1, 0.15) is 0 Å². The van der Waals surface area contributed by atoms with Crippen LogP contribution >= 0.6 is 11.6 Å². The number of rotatable bonds is 2. The Morgan fingerprint density at radius 3 is 2.71 bits per heavy atom. The van der Waals surface area contributed by atoms with Gasteiger partial charge in [-0.05, 0) is 60.1 Å². The minimum absolute atomic E-state index is 0.0971. The molecule has 0 bridgehead atoms. The highest BCUT2D eigenvalue weighted by molar-refractivity contribution is 6.33. The Hall–Kier alpha value is -3.55. The minimum Gasteiger partial charge on any atom is -0.341 e. The van der Waals surface area contributed by atoms with Crippen molar-refractivity contribution in [3.8, 4) is 5.69 Å². The second kappa shape index (κ2) is 7.73. The first-order valence-electron chi connectivity index (χ1n) is 12.0. The van der Waals surface area contributed by atoms with E-state index in [2.05, 4.69) is 39.1 Å². The van der Waals surface area contributed by atoms with Crippen LogP contribution in [0.3, 0.4) is 0 Å². The predicted octanol–water partition coefficient (Wildman–Crippen LogP) is 4.86. The van der Waals surface area contributed by atoms with Gasteiger partial charge < -0.3 is 10.6 Å². The Morgan fingerprint density at radius 1 is 1.00 bits per heavy atom. The summed E-state index contributed by atoms with van der Waals surface area (Å²) in [5.41, 5.74) is 11.9. The maximum absolute atomic E-state index is 6.75. The topological polar surface area (TPSA) is 85.8 Å². The Bertz CT molecular complexity index is 1590. The third-order valence-electron chi connectivity index (χ3n) is 7.82. The van der Waals surface area contributed by atoms with Gasteiger partial charge in [0, 0.05) is 43.1 Å². The standard InChI is InChI=1S/C27H24ClN7/c28-21-7-8-22-20(6-3-11-30-22)23(21)35-16-18-15-31-26(32-25(18)33-35)34-12-9-27(10-13-34)14-17-4-1-2-5-19(17)24(27)29/h1-8,11,15-16,24H,9-10,12-14,29H2/t24-/m1/s1. The van der Waals surface area contributed by atoms with Crippen LogP contribution in [0.4, 0.5) is 5.95 Å². The van der Waals surface area contributed by atoms with E-state index < -0.39 is 0 Å². The van der Waals surface area contributed by atoms with Gasteiger partial charge in [0.05, 0.1) is 21.6 Å². The summed E-state index contributed by atoms with van der Waals surface area (Å²) in [5, 5.41) is 7.19. The molecule has 3 aromatic heterocycles. The highest BCUT2D eigenvalue weighted by atomic mass is 35.5. The van der Waals surface area contributed by atoms with Crippen molar-refractivity contribution in [2.45, 2.75) is 25.3 Å². The van der Waals surface area contributed by atoms with Crippen LogP contribution in [0.25, 0.3) is 27.6 Å². The maximum atomic E-state index is 6.75. The summed E-state index contributed by atoms with van der Waals surface area (Å²) < 4.78 is 1.79. The smallest absolute Gasteiger partial charge is 0.227 e. The van der Waals surface area contributed by atoms with Crippen molar-refractivity contribution < 1.29 is 0 Å². The summed E-state index contributed by atoms with van der Waals surface area (Å²) in [5.74, 6) is 0.715. The van der Waals surface area contributed by atoms with Crippen LogP contribution in [0, 0.1) is 5.41 Å². The van der Waals surface area contributed by atoms with Gasteiger partial charge in [0.25, 0.3) is 0 Å². The molecule has 7 rings (SSSR count). The zero-order chi connectivity index (χ0) is 23.6. The van der Waals surface area contributed by atoms with Crippen molar-refractivity contribution >= 4 is 39.5 Å². The van der Waals surface area contributed by atoms with Crippen molar-refractivity contribution in [2.75, 3.05) is 18.0 Å². The van der Waals surface area contributed by atoms with Crippen molar-refractivity contribution in [1.29, 1.82) is 0 Å². The number of benzene rings is 2. The van der Waals surface area contributed by atoms with Gasteiger partial charge in [-0.3, -0.25) is 4.98 Å². The number of halogens is 1. The molecule has 174 valence electrons. The molecule has 1 atom stereocenters. The van der Waals surface area contributed by atoms with Crippen molar-refractivity contribution in [1.82, 2.24) is 24.7 Å². The summed E-state index contributed by atoms with van der Waals surface area (Å²) in [6.07, 6.45) is 8.65. The number of piperidine rings is 1. The predicted molar refractivity (Wildman–Crippen MR) is 138 cm³/mol. The summed E-state index contributed by atoms with van der Waals surface area (Å²) in [4.78, 5) is 16.2. The van der Waals surface area contributed by atoms with Crippen molar-refractivity contribution in [3.05, 3.63) is 83.3 Å². The Kier molecular flexibility index (Phi) is 4.59. The van der Waals surface area contributed by atoms with E-state index in [1.54, 1.807) is 10.9 Å². The van der Waals surface area contributed by atoms with Crippen LogP contribution in [-0.2, 0) is 6.42 Å². The van der Waals surface area contributed by atoms with E-state index in [0.717, 1.165) is 54.3 Å². The maximum Gasteiger partial charge on any atom is 0.227 e. The van der Waals surface area contributed by atoms with Gasteiger partial charge in [-0.25, -0.2) is 9.67 Å². The van der Waals surface area contributed by atoms with Crippen LogP contribution < -0.4 is 10.6 Å². The zero-order valence-electron chi connectivity index (χ0n) is 19.1. The number of nitrogens with zero attached hydrogens (tertiary/aromatic N) is 6. The molecule has 0 unspecified atom stereocenters. The largest absolute Gasteiger partial charge is 0.341 e. The third kappa shape index (κ3) is 3.22. The molecule has 1 spiro atoms. The fourth-order valence-corrected chi connectivity index (χ4v) is 6.13. The van der Waals surface area contributed by atoms with Gasteiger partial charge in [0.15, 0.2) is 5.65 Å². The van der Waals surface area contributed by atoms with E-state index in [1.165, 1.54) is 11.1 Å². The van der Waals surface area contributed by atoms with Gasteiger partial charge >= 0.3 is 0 Å². The number of hydrogen-bond donors (Lipinski definition) is 1. The lowest BCUT2D eigenvalue weighted by Crippen LogP contribution is -2.44. The Balaban J connectivity index is 1.17. The number of pyridine rings is 1. The Labute approximate surface area is 207 Å². The SMILES string of the molecule is N[C@@H]1c2ccccc2CC12CCN(c1ncc3cn(-c4c(Cl)ccc5ncccc45)nc3n1)CC2. The molecule has 0 amide bonds. The molecule has 0 saturated carbocycles. The average Bonchev–Trinajstić information content (AvgIpc) is 3.43. The number of hydrogen-bond acceptors (Lipinski definition) is 6. The lowest BCUT2D eigenvalue weighted by molar-refractivity contribution is 0.187. The van der Waals surface area contributed by atoms with Crippen LogP contribution in [0.1, 0.15) is 30.0 Å². The van der Waals surface area contributed by atoms with E-state index in [-0.39, 0.29) is 11.5 Å². The van der Waals surface area contributed by atoms with E-state index in [0.29, 0.717) is 16.6 Å². The summed E-state index contributed by atoms with van der Waals surface area (Å²) in [7, 11) is 0. The monoisotopic (exact) mass is 481 g/mol. The van der Waals surface area contributed by atoms with Gasteiger partial charge in [-0.2, -0.15) is 4.98 Å². The van der Waals surface area contributed by atoms with Gasteiger partial charge in [-0.15, -0.1) is 5.10 Å². The molecule has 1 saturated heterocycles. The molecular weight excluding hydrogens is 458 g/mol. The number of fused-ring (bicyclic) bond motifs is 3. The average molecular weight is 482 g/mol. The molecule has 1 aliphatic carbocycles. The second-order valence-corrected chi connectivity index (χ2v) is 10.1. The van der Waals surface area contributed by atoms with Crippen molar-refractivity contribution in [2.24, 2.45) is 11.1 Å². The Morgan fingerprint density at radius 2 is 1.86 bits per heavy atom. The number of anilines is 1. The highest BCUT2D eigenvalue weighted by Gasteiger charge is 2.46. The molecule has 7 nitrogen and oxygen atoms in total. The molecule has 5 aromatic rings. The van der Waals surface area contributed by atoms with Crippen LogP contribution in [0.15, 0.2) is 67.1 Å². The first-order chi connectivity index (χ1) is 17.1. The normalized spacial score (nSPS) is 19.0. The summed E-state index contributed by atoms with van der Waals surface area (Å²) >= 11 is 6.58. The van der Waals surface area contributed by atoms with E-state index >= 15 is 0 Å². The lowest BCUT2D eigenvalue weighted by atomic mass is 9.73. The number of nitrogens with two attached hydrogens (primary N) is 1. The molecule has 1 aliphatic heterocycles. The number of aromatic nitrogens is 5. The highest BCUT2D eigenvalue weighted by Crippen LogP contribution is 2.50. The molecule has 8 heteroatoms. The molecule has 0 radical (unpaired) electrons. The molecule has 2 aromatic carbocycles. The van der Waals surface area contributed by atoms with E-state index in [4.69, 9.17) is 27.4 Å². The lowest BCUT2D eigenvalue weighted by Gasteiger charge is -2.42. The molecule has 35 heavy (non-hydrogen) atoms. The molecular formula is C27H24ClN7. The summed E-state index contributed by atoms with van der Waals surface area (Å²) in [6.45, 7) is 1.77. The van der Waals surface area contributed by atoms with Crippen LogP contribution in [0.2, 0.25) is 5.02 Å². The van der Waals surface area contributed by atoms with Gasteiger partial charge in [0.2, 0.25) is 5.95 Å². The minimum atomic E-state index is 0.0971. The first kappa shape index (κ1) is 20.8. The van der Waals surface area contributed by atoms with Crippen LogP contribution in [-0.4, -0.2) is 37.8 Å². The molecule has 1 fully saturated rings. The van der Waals surface area contributed by atoms with E-state index in [1.807, 2.05) is 36.7 Å². The molecule has 2 N–H and O–H groups in total. The van der Waals surface area contributed by atoms with E-state index in [9.17, 15) is 0 Å². The fourth-order valence-electron chi connectivity index (χ4n) is 5.87.